The zero-order valence-electron chi connectivity index (χ0n) is 32.6. The molecule has 0 spiro atoms. The predicted octanol–water partition coefficient (Wildman–Crippen LogP) is 8.62. The van der Waals surface area contributed by atoms with Gasteiger partial charge in [0.2, 0.25) is 11.8 Å². The molecule has 0 radical (unpaired) electrons. The topological polar surface area (TPSA) is 73.5 Å². The van der Waals surface area contributed by atoms with Crippen LogP contribution in [0.2, 0.25) is 0 Å². The number of nitrogens with one attached hydrogen (secondary N) is 3. The molecule has 3 N–H and O–H groups in total. The number of benzene rings is 5. The average Bonchev–Trinajstić information content (AvgIpc) is 4.06. The molecule has 5 aromatic rings. The van der Waals surface area contributed by atoms with Crippen molar-refractivity contribution in [2.45, 2.75) is 87.5 Å². The van der Waals surface area contributed by atoms with E-state index in [2.05, 4.69) is 82.4 Å². The molecular weight excluding hydrogens is 689 g/mol. The number of amides is 2. The smallest absolute Gasteiger partial charge is 0.232 e. The zero-order valence-corrected chi connectivity index (χ0v) is 32.6. The first-order chi connectivity index (χ1) is 27.5. The van der Waals surface area contributed by atoms with E-state index in [9.17, 15) is 9.59 Å². The summed E-state index contributed by atoms with van der Waals surface area (Å²) in [4.78, 5) is 29.5. The molecule has 56 heavy (non-hydrogen) atoms. The van der Waals surface area contributed by atoms with Gasteiger partial charge in [0, 0.05) is 30.2 Å². The molecule has 288 valence electrons. The maximum absolute atomic E-state index is 13.7. The van der Waals surface area contributed by atoms with Gasteiger partial charge in [-0.3, -0.25) is 14.5 Å². The predicted molar refractivity (Wildman–Crippen MR) is 225 cm³/mol. The van der Waals surface area contributed by atoms with Crippen molar-refractivity contribution in [2.75, 3.05) is 13.1 Å². The summed E-state index contributed by atoms with van der Waals surface area (Å²) in [5.41, 5.74) is 5.56. The van der Waals surface area contributed by atoms with E-state index in [1.165, 1.54) is 31.2 Å². The van der Waals surface area contributed by atoms with Crippen LogP contribution in [0.4, 0.5) is 0 Å². The Balaban J connectivity index is 0.000000164. The van der Waals surface area contributed by atoms with Crippen LogP contribution in [-0.4, -0.2) is 54.0 Å². The SMILES string of the molecule is C[C@H](c1ccccc1)N1CC[C@H]2CC[C@H](NC(=O)C(c3ccccc3)c3ccccc3)[C@H]21.O=C(N[C@H]1CC[C@@H]2CCN[C@@H]21)C(c1ccccc1)c1ccccc1. The van der Waals surface area contributed by atoms with Crippen LogP contribution in [-0.2, 0) is 9.59 Å². The number of fused-ring (bicyclic) bond motifs is 2. The van der Waals surface area contributed by atoms with Crippen LogP contribution in [0.25, 0.3) is 0 Å². The lowest BCUT2D eigenvalue weighted by Gasteiger charge is -2.35. The fourth-order valence-electron chi connectivity index (χ4n) is 10.3. The average molecular weight is 745 g/mol. The third-order valence-electron chi connectivity index (χ3n) is 13.1. The first-order valence-electron chi connectivity index (χ1n) is 20.9. The van der Waals surface area contributed by atoms with Gasteiger partial charge in [0.1, 0.15) is 0 Å². The summed E-state index contributed by atoms with van der Waals surface area (Å²) in [5, 5.41) is 10.4. The van der Waals surface area contributed by atoms with E-state index in [1.807, 2.05) is 97.1 Å². The summed E-state index contributed by atoms with van der Waals surface area (Å²) in [6.07, 6.45) is 7.06. The van der Waals surface area contributed by atoms with Gasteiger partial charge in [-0.1, -0.05) is 152 Å². The molecule has 7 atom stereocenters. The van der Waals surface area contributed by atoms with Crippen molar-refractivity contribution in [3.63, 3.8) is 0 Å². The van der Waals surface area contributed by atoms with Crippen molar-refractivity contribution in [3.8, 4) is 0 Å². The Bertz CT molecular complexity index is 1920. The van der Waals surface area contributed by atoms with Gasteiger partial charge in [-0.05, 0) is 98.2 Å². The molecule has 6 heteroatoms. The van der Waals surface area contributed by atoms with Crippen LogP contribution in [0.5, 0.6) is 0 Å². The largest absolute Gasteiger partial charge is 0.351 e. The lowest BCUT2D eigenvalue weighted by molar-refractivity contribution is -0.123. The maximum atomic E-state index is 13.7. The molecule has 4 fully saturated rings. The molecule has 6 nitrogen and oxygen atoms in total. The molecule has 0 unspecified atom stereocenters. The third kappa shape index (κ3) is 8.37. The summed E-state index contributed by atoms with van der Waals surface area (Å²) < 4.78 is 0. The van der Waals surface area contributed by atoms with Gasteiger partial charge in [-0.25, -0.2) is 0 Å². The van der Waals surface area contributed by atoms with Crippen molar-refractivity contribution < 1.29 is 9.59 Å². The molecule has 2 saturated heterocycles. The maximum Gasteiger partial charge on any atom is 0.232 e. The Morgan fingerprint density at radius 3 is 1.41 bits per heavy atom. The Morgan fingerprint density at radius 2 is 0.929 bits per heavy atom. The monoisotopic (exact) mass is 744 g/mol. The van der Waals surface area contributed by atoms with Gasteiger partial charge < -0.3 is 16.0 Å². The van der Waals surface area contributed by atoms with Gasteiger partial charge in [0.25, 0.3) is 0 Å². The van der Waals surface area contributed by atoms with E-state index < -0.39 is 0 Å². The van der Waals surface area contributed by atoms with Crippen LogP contribution in [0, 0.1) is 11.8 Å². The van der Waals surface area contributed by atoms with Gasteiger partial charge in [0.15, 0.2) is 0 Å². The van der Waals surface area contributed by atoms with Crippen LogP contribution in [0.1, 0.15) is 91.1 Å². The zero-order chi connectivity index (χ0) is 38.3. The second-order valence-electron chi connectivity index (χ2n) is 16.3. The van der Waals surface area contributed by atoms with E-state index in [1.54, 1.807) is 0 Å². The second-order valence-corrected chi connectivity index (χ2v) is 16.3. The quantitative estimate of drug-likeness (QED) is 0.134. The van der Waals surface area contributed by atoms with E-state index in [4.69, 9.17) is 0 Å². The van der Waals surface area contributed by atoms with Crippen LogP contribution in [0.15, 0.2) is 152 Å². The molecule has 2 amide bonds. The molecule has 4 aliphatic rings. The Kier molecular flexibility index (Phi) is 12.1. The highest BCUT2D eigenvalue weighted by molar-refractivity contribution is 5.88. The first-order valence-corrected chi connectivity index (χ1v) is 20.9. The van der Waals surface area contributed by atoms with E-state index >= 15 is 0 Å². The summed E-state index contributed by atoms with van der Waals surface area (Å²) in [6.45, 7) is 4.51. The van der Waals surface area contributed by atoms with E-state index in [-0.39, 0.29) is 35.7 Å². The lowest BCUT2D eigenvalue weighted by atomic mass is 9.90. The fraction of sp³-hybridized carbons (Fsp3) is 0.360. The van der Waals surface area contributed by atoms with Gasteiger partial charge in [0.05, 0.1) is 11.8 Å². The molecular formula is C50H56N4O2. The summed E-state index contributed by atoms with van der Waals surface area (Å²) >= 11 is 0. The van der Waals surface area contributed by atoms with Crippen LogP contribution < -0.4 is 16.0 Å². The summed E-state index contributed by atoms with van der Waals surface area (Å²) in [5.74, 6) is 1.13. The third-order valence-corrected chi connectivity index (χ3v) is 13.1. The lowest BCUT2D eigenvalue weighted by Crippen LogP contribution is -2.49. The molecule has 2 saturated carbocycles. The highest BCUT2D eigenvalue weighted by Gasteiger charge is 2.47. The van der Waals surface area contributed by atoms with Crippen LogP contribution >= 0.6 is 0 Å². The van der Waals surface area contributed by atoms with Crippen molar-refractivity contribution in [1.82, 2.24) is 20.9 Å². The van der Waals surface area contributed by atoms with Gasteiger partial charge in [-0.15, -0.1) is 0 Å². The molecule has 2 aliphatic carbocycles. The number of likely N-dealkylation sites (tertiary alicyclic amines) is 1. The summed E-state index contributed by atoms with van der Waals surface area (Å²) in [6, 6.07) is 53.0. The molecule has 0 bridgehead atoms. The Hall–Kier alpha value is -5.04. The van der Waals surface area contributed by atoms with Crippen LogP contribution in [0.3, 0.4) is 0 Å². The van der Waals surface area contributed by atoms with E-state index in [0.29, 0.717) is 24.0 Å². The van der Waals surface area contributed by atoms with Crippen molar-refractivity contribution >= 4 is 11.8 Å². The second kappa shape index (κ2) is 17.8. The standard InChI is InChI=1S/C29H32N2O.C21H24N2O/c1-21(22-11-5-2-6-12-22)31-20-19-25-17-18-26(28(25)31)30-29(32)27(23-13-7-3-8-14-23)24-15-9-4-10-16-24;24-21(23-18-12-11-17-13-14-22-20(17)18)19(15-7-3-1-4-8-15)16-9-5-2-6-10-16/h2-16,21,25-28H,17-20H2,1H3,(H,30,32);1-10,17-20,22H,11-14H2,(H,23,24)/t21-,25-,26+,28+;17-,18+,20+/m11/s1. The highest BCUT2D eigenvalue weighted by atomic mass is 16.2. The van der Waals surface area contributed by atoms with Gasteiger partial charge in [-0.2, -0.15) is 0 Å². The first kappa shape index (κ1) is 37.9. The Labute approximate surface area is 333 Å². The number of nitrogens with zero attached hydrogens (tertiary/aromatic N) is 1. The number of carbonyl (C=O) groups is 2. The minimum atomic E-state index is -0.280. The van der Waals surface area contributed by atoms with Crippen molar-refractivity contribution in [3.05, 3.63) is 179 Å². The minimum Gasteiger partial charge on any atom is -0.351 e. The molecule has 5 aromatic carbocycles. The number of hydrogen-bond donors (Lipinski definition) is 3. The molecule has 2 aliphatic heterocycles. The number of hydrogen-bond acceptors (Lipinski definition) is 4. The number of carbonyl (C=O) groups excluding carboxylic acids is 2. The number of rotatable bonds is 10. The van der Waals surface area contributed by atoms with Crippen molar-refractivity contribution in [1.29, 1.82) is 0 Å². The van der Waals surface area contributed by atoms with Crippen molar-refractivity contribution in [2.24, 2.45) is 11.8 Å². The summed E-state index contributed by atoms with van der Waals surface area (Å²) in [7, 11) is 0. The normalized spacial score (nSPS) is 24.6. The molecule has 2 heterocycles. The highest BCUT2D eigenvalue weighted by Crippen LogP contribution is 2.42. The molecule has 0 aromatic heterocycles. The fourth-order valence-corrected chi connectivity index (χ4v) is 10.3. The molecule has 9 rings (SSSR count). The minimum absolute atomic E-state index is 0.117. The Morgan fingerprint density at radius 1 is 0.518 bits per heavy atom. The van der Waals surface area contributed by atoms with E-state index in [0.717, 1.165) is 54.1 Å². The van der Waals surface area contributed by atoms with Gasteiger partial charge >= 0.3 is 0 Å².